The Morgan fingerprint density at radius 2 is 1.95 bits per heavy atom. The van der Waals surface area contributed by atoms with Crippen LogP contribution in [0.15, 0.2) is 60.9 Å². The predicted molar refractivity (Wildman–Crippen MR) is 163 cm³/mol. The van der Waals surface area contributed by atoms with Gasteiger partial charge in [-0.25, -0.2) is 28.2 Å². The zero-order valence-electron chi connectivity index (χ0n) is 23.6. The van der Waals surface area contributed by atoms with Crippen LogP contribution in [-0.2, 0) is 10.0 Å². The van der Waals surface area contributed by atoms with Crippen LogP contribution in [0.25, 0.3) is 22.0 Å². The second kappa shape index (κ2) is 12.6. The lowest BCUT2D eigenvalue weighted by atomic mass is 10.0. The third kappa shape index (κ3) is 6.71. The summed E-state index contributed by atoms with van der Waals surface area (Å²) in [5.41, 5.74) is 2.58. The SMILES string of the molecule is CCCCS(=O)(=O)Nc1cccc2c(Oc3ncccc3-c3ccnc(NC4CCCN(C(=O)O)C4)n3)c(C)ccc12. The fourth-order valence-corrected chi connectivity index (χ4v) is 6.29. The van der Waals surface area contributed by atoms with Crippen molar-refractivity contribution in [1.29, 1.82) is 0 Å². The molecule has 0 radical (unpaired) electrons. The smallest absolute Gasteiger partial charge is 0.407 e. The summed E-state index contributed by atoms with van der Waals surface area (Å²) >= 11 is 0. The summed E-state index contributed by atoms with van der Waals surface area (Å²) in [7, 11) is -3.49. The highest BCUT2D eigenvalue weighted by Crippen LogP contribution is 2.38. The number of unbranched alkanes of at least 4 members (excludes halogenated alkanes) is 1. The minimum Gasteiger partial charge on any atom is -0.465 e. The van der Waals surface area contributed by atoms with Crippen LogP contribution >= 0.6 is 0 Å². The summed E-state index contributed by atoms with van der Waals surface area (Å²) in [4.78, 5) is 26.4. The molecule has 0 spiro atoms. The van der Waals surface area contributed by atoms with Crippen LogP contribution in [0, 0.1) is 6.92 Å². The molecule has 11 nitrogen and oxygen atoms in total. The van der Waals surface area contributed by atoms with Crippen molar-refractivity contribution in [3.63, 3.8) is 0 Å². The van der Waals surface area contributed by atoms with E-state index < -0.39 is 16.1 Å². The van der Waals surface area contributed by atoms with E-state index >= 15 is 0 Å². The van der Waals surface area contributed by atoms with Gasteiger partial charge in [0.15, 0.2) is 0 Å². The number of aryl methyl sites for hydroxylation is 1. The lowest BCUT2D eigenvalue weighted by molar-refractivity contribution is 0.132. The Bertz CT molecular complexity index is 1700. The van der Waals surface area contributed by atoms with Crippen molar-refractivity contribution in [2.45, 2.75) is 45.6 Å². The average molecular weight is 591 g/mol. The molecule has 3 heterocycles. The van der Waals surface area contributed by atoms with Crippen molar-refractivity contribution in [1.82, 2.24) is 19.9 Å². The van der Waals surface area contributed by atoms with E-state index in [-0.39, 0.29) is 11.8 Å². The monoisotopic (exact) mass is 590 g/mol. The highest BCUT2D eigenvalue weighted by Gasteiger charge is 2.24. The fraction of sp³-hybridized carbons (Fsp3) is 0.333. The minimum absolute atomic E-state index is 0.0563. The largest absolute Gasteiger partial charge is 0.465 e. The molecule has 220 valence electrons. The van der Waals surface area contributed by atoms with E-state index in [1.165, 1.54) is 4.90 Å². The molecular weight excluding hydrogens is 556 g/mol. The van der Waals surface area contributed by atoms with E-state index in [4.69, 9.17) is 4.74 Å². The number of rotatable bonds is 10. The first-order valence-corrected chi connectivity index (χ1v) is 15.6. The van der Waals surface area contributed by atoms with Gasteiger partial charge in [0.25, 0.3) is 0 Å². The molecule has 2 aromatic heterocycles. The van der Waals surface area contributed by atoms with Crippen LogP contribution in [-0.4, -0.2) is 64.4 Å². The highest BCUT2D eigenvalue weighted by atomic mass is 32.2. The number of sulfonamides is 1. The molecule has 1 fully saturated rings. The number of benzene rings is 2. The number of carbonyl (C=O) groups is 1. The maximum absolute atomic E-state index is 12.6. The van der Waals surface area contributed by atoms with Crippen LogP contribution in [0.5, 0.6) is 11.6 Å². The van der Waals surface area contributed by atoms with Gasteiger partial charge >= 0.3 is 6.09 Å². The van der Waals surface area contributed by atoms with Crippen molar-refractivity contribution in [3.05, 3.63) is 66.5 Å². The number of likely N-dealkylation sites (tertiary alicyclic amines) is 1. The Labute approximate surface area is 245 Å². The number of nitrogens with one attached hydrogen (secondary N) is 2. The highest BCUT2D eigenvalue weighted by molar-refractivity contribution is 7.92. The molecule has 1 amide bonds. The molecule has 1 saturated heterocycles. The van der Waals surface area contributed by atoms with E-state index in [2.05, 4.69) is 25.0 Å². The predicted octanol–water partition coefficient (Wildman–Crippen LogP) is 5.89. The van der Waals surface area contributed by atoms with Gasteiger partial charge in [0.05, 0.1) is 22.7 Å². The van der Waals surface area contributed by atoms with Gasteiger partial charge in [0.2, 0.25) is 21.9 Å². The maximum Gasteiger partial charge on any atom is 0.407 e. The van der Waals surface area contributed by atoms with E-state index in [1.807, 2.05) is 38.1 Å². The summed E-state index contributed by atoms with van der Waals surface area (Å²) in [6, 6.07) is 14.5. The van der Waals surface area contributed by atoms with Gasteiger partial charge in [0.1, 0.15) is 5.75 Å². The first-order valence-electron chi connectivity index (χ1n) is 14.0. The number of amides is 1. The lowest BCUT2D eigenvalue weighted by Crippen LogP contribution is -2.44. The van der Waals surface area contributed by atoms with Gasteiger partial charge in [0, 0.05) is 42.3 Å². The molecule has 42 heavy (non-hydrogen) atoms. The Hall–Kier alpha value is -4.45. The topological polar surface area (TPSA) is 147 Å². The summed E-state index contributed by atoms with van der Waals surface area (Å²) in [5, 5.41) is 14.1. The Balaban J connectivity index is 1.44. The Morgan fingerprint density at radius 1 is 1.10 bits per heavy atom. The first kappa shape index (κ1) is 29.1. The van der Waals surface area contributed by atoms with Crippen molar-refractivity contribution in [3.8, 4) is 22.9 Å². The molecule has 1 aliphatic heterocycles. The maximum atomic E-state index is 12.6. The molecule has 0 bridgehead atoms. The molecule has 4 aromatic rings. The normalized spacial score (nSPS) is 15.4. The number of hydrogen-bond donors (Lipinski definition) is 3. The van der Waals surface area contributed by atoms with Crippen LogP contribution in [0.3, 0.4) is 0 Å². The number of nitrogens with zero attached hydrogens (tertiary/aromatic N) is 4. The number of ether oxygens (including phenoxy) is 1. The molecule has 1 unspecified atom stereocenters. The third-order valence-corrected chi connectivity index (χ3v) is 8.52. The quantitative estimate of drug-likeness (QED) is 0.206. The van der Waals surface area contributed by atoms with Crippen molar-refractivity contribution in [2.24, 2.45) is 0 Å². The molecule has 0 saturated carbocycles. The van der Waals surface area contributed by atoms with Crippen molar-refractivity contribution >= 4 is 38.5 Å². The van der Waals surface area contributed by atoms with Gasteiger partial charge < -0.3 is 20.1 Å². The lowest BCUT2D eigenvalue weighted by Gasteiger charge is -2.31. The van der Waals surface area contributed by atoms with Crippen molar-refractivity contribution < 1.29 is 23.1 Å². The van der Waals surface area contributed by atoms with E-state index in [1.54, 1.807) is 36.7 Å². The van der Waals surface area contributed by atoms with Crippen LogP contribution in [0.1, 0.15) is 38.2 Å². The molecular formula is C30H34N6O5S. The van der Waals surface area contributed by atoms with Crippen molar-refractivity contribution in [2.75, 3.05) is 28.9 Å². The van der Waals surface area contributed by atoms with Gasteiger partial charge in [-0.05, 0) is 56.0 Å². The number of hydrogen-bond acceptors (Lipinski definition) is 8. The summed E-state index contributed by atoms with van der Waals surface area (Å²) in [5.74, 6) is 1.34. The first-order chi connectivity index (χ1) is 20.2. The molecule has 3 N–H and O–H groups in total. The van der Waals surface area contributed by atoms with Gasteiger partial charge in [-0.15, -0.1) is 0 Å². The summed E-state index contributed by atoms with van der Waals surface area (Å²) in [6.45, 7) is 4.76. The fourth-order valence-electron chi connectivity index (χ4n) is 5.01. The van der Waals surface area contributed by atoms with E-state index in [9.17, 15) is 18.3 Å². The number of aromatic nitrogens is 3. The average Bonchev–Trinajstić information content (AvgIpc) is 2.98. The molecule has 5 rings (SSSR count). The van der Waals surface area contributed by atoms with Crippen LogP contribution in [0.2, 0.25) is 0 Å². The van der Waals surface area contributed by atoms with Gasteiger partial charge in [-0.2, -0.15) is 0 Å². The number of anilines is 2. The van der Waals surface area contributed by atoms with Crippen LogP contribution < -0.4 is 14.8 Å². The molecule has 1 atom stereocenters. The van der Waals surface area contributed by atoms with Gasteiger partial charge in [-0.1, -0.05) is 37.6 Å². The summed E-state index contributed by atoms with van der Waals surface area (Å²) < 4.78 is 34.5. The zero-order valence-corrected chi connectivity index (χ0v) is 24.4. The zero-order chi connectivity index (χ0) is 29.7. The van der Waals surface area contributed by atoms with Gasteiger partial charge in [-0.3, -0.25) is 4.72 Å². The number of carboxylic acid groups (broad SMARTS) is 1. The second-order valence-corrected chi connectivity index (χ2v) is 12.2. The molecule has 0 aliphatic carbocycles. The Morgan fingerprint density at radius 3 is 2.76 bits per heavy atom. The number of pyridine rings is 1. The molecule has 2 aromatic carbocycles. The Kier molecular flexibility index (Phi) is 8.72. The van der Waals surface area contributed by atoms with E-state index in [0.29, 0.717) is 59.4 Å². The minimum atomic E-state index is -3.49. The summed E-state index contributed by atoms with van der Waals surface area (Å²) in [6.07, 6.45) is 5.28. The molecule has 12 heteroatoms. The standard InChI is InChI=1S/C30H34N6O5S/c1-3-4-18-42(39,40)35-26-11-5-9-23-22(26)13-12-20(2)27(23)41-28-24(10-6-15-31-28)25-14-16-32-29(34-25)33-21-8-7-17-36(19-21)30(37)38/h5-6,9-16,21,35H,3-4,7-8,17-19H2,1-2H3,(H,37,38)(H,32,33,34). The second-order valence-electron chi connectivity index (χ2n) is 10.3. The number of fused-ring (bicyclic) bond motifs is 1. The molecule has 1 aliphatic rings. The number of piperidine rings is 1. The van der Waals surface area contributed by atoms with E-state index in [0.717, 1.165) is 30.2 Å². The third-order valence-electron chi connectivity index (χ3n) is 7.17. The van der Waals surface area contributed by atoms with Crippen LogP contribution in [0.4, 0.5) is 16.4 Å².